The maximum atomic E-state index is 12.4. The number of ketones is 1. The number of thiocarbonyl (C=S) groups is 1. The minimum atomic E-state index is -3.66. The van der Waals surface area contributed by atoms with Gasteiger partial charge in [0.15, 0.2) is 14.9 Å². The van der Waals surface area contributed by atoms with Gasteiger partial charge in [0.2, 0.25) is 5.91 Å². The molecule has 3 aromatic carbocycles. The standard InChI is InChI=1S/C22H20N2O4S2/c1-15(25)14-30(27,28)19-11-9-18(10-12-19)23-22(29)24-21(26)13-17-7-4-6-16-5-2-3-8-20(16)17/h2-12H,13-14H2,1H3,(H2,23,24,26,29). The van der Waals surface area contributed by atoms with Gasteiger partial charge in [0.25, 0.3) is 0 Å². The maximum absolute atomic E-state index is 12.4. The van der Waals surface area contributed by atoms with Crippen molar-refractivity contribution in [2.45, 2.75) is 18.2 Å². The third-order valence-electron chi connectivity index (χ3n) is 4.35. The molecule has 8 heteroatoms. The van der Waals surface area contributed by atoms with E-state index in [1.807, 2.05) is 42.5 Å². The summed E-state index contributed by atoms with van der Waals surface area (Å²) in [4.78, 5) is 23.5. The van der Waals surface area contributed by atoms with Gasteiger partial charge >= 0.3 is 0 Å². The van der Waals surface area contributed by atoms with Crippen LogP contribution in [0.15, 0.2) is 71.6 Å². The predicted molar refractivity (Wildman–Crippen MR) is 121 cm³/mol. The fourth-order valence-corrected chi connectivity index (χ4v) is 4.53. The van der Waals surface area contributed by atoms with Gasteiger partial charge in [-0.3, -0.25) is 9.59 Å². The molecule has 0 saturated heterocycles. The summed E-state index contributed by atoms with van der Waals surface area (Å²) >= 11 is 5.18. The second kappa shape index (κ2) is 9.15. The molecule has 0 aromatic heterocycles. The summed E-state index contributed by atoms with van der Waals surface area (Å²) in [5, 5.41) is 7.66. The highest BCUT2D eigenvalue weighted by Gasteiger charge is 2.17. The van der Waals surface area contributed by atoms with Crippen molar-refractivity contribution >= 4 is 55.3 Å². The number of fused-ring (bicyclic) bond motifs is 1. The van der Waals surface area contributed by atoms with E-state index in [4.69, 9.17) is 12.2 Å². The number of amides is 1. The molecule has 0 spiro atoms. The minimum absolute atomic E-state index is 0.0501. The highest BCUT2D eigenvalue weighted by molar-refractivity contribution is 7.92. The Morgan fingerprint density at radius 3 is 2.30 bits per heavy atom. The molecule has 1 amide bonds. The van der Waals surface area contributed by atoms with E-state index in [1.54, 1.807) is 0 Å². The van der Waals surface area contributed by atoms with Gasteiger partial charge in [-0.1, -0.05) is 42.5 Å². The first-order valence-electron chi connectivity index (χ1n) is 9.14. The van der Waals surface area contributed by atoms with Crippen molar-refractivity contribution in [2.75, 3.05) is 11.1 Å². The molecule has 3 rings (SSSR count). The Bertz CT molecular complexity index is 1210. The molecular weight excluding hydrogens is 420 g/mol. The van der Waals surface area contributed by atoms with E-state index in [2.05, 4.69) is 10.6 Å². The normalized spacial score (nSPS) is 11.1. The Morgan fingerprint density at radius 2 is 1.60 bits per heavy atom. The van der Waals surface area contributed by atoms with Crippen LogP contribution in [0.3, 0.4) is 0 Å². The number of carbonyl (C=O) groups is 2. The van der Waals surface area contributed by atoms with E-state index in [1.165, 1.54) is 31.2 Å². The van der Waals surface area contributed by atoms with Crippen LogP contribution >= 0.6 is 12.2 Å². The fraction of sp³-hybridized carbons (Fsp3) is 0.136. The Kier molecular flexibility index (Phi) is 6.59. The molecule has 0 aliphatic carbocycles. The number of hydrogen-bond donors (Lipinski definition) is 2. The van der Waals surface area contributed by atoms with Crippen molar-refractivity contribution in [3.63, 3.8) is 0 Å². The average Bonchev–Trinajstić information content (AvgIpc) is 2.67. The Hall–Kier alpha value is -3.10. The molecule has 0 aliphatic rings. The minimum Gasteiger partial charge on any atom is -0.332 e. The van der Waals surface area contributed by atoms with E-state index < -0.39 is 21.4 Å². The smallest absolute Gasteiger partial charge is 0.230 e. The molecule has 0 aliphatic heterocycles. The first kappa shape index (κ1) is 21.6. The number of benzene rings is 3. The fourth-order valence-electron chi connectivity index (χ4n) is 3.05. The van der Waals surface area contributed by atoms with E-state index in [0.717, 1.165) is 16.3 Å². The van der Waals surface area contributed by atoms with Gasteiger partial charge < -0.3 is 10.6 Å². The second-order valence-electron chi connectivity index (χ2n) is 6.80. The monoisotopic (exact) mass is 440 g/mol. The molecule has 0 radical (unpaired) electrons. The zero-order chi connectivity index (χ0) is 21.7. The van der Waals surface area contributed by atoms with Crippen LogP contribution in [-0.2, 0) is 25.8 Å². The molecule has 30 heavy (non-hydrogen) atoms. The summed E-state index contributed by atoms with van der Waals surface area (Å²) in [6.45, 7) is 1.23. The van der Waals surface area contributed by atoms with Crippen LogP contribution in [-0.4, -0.2) is 31.0 Å². The number of rotatable bonds is 6. The summed E-state index contributed by atoms with van der Waals surface area (Å²) in [6, 6.07) is 19.5. The summed E-state index contributed by atoms with van der Waals surface area (Å²) in [6.07, 6.45) is 0.172. The molecule has 0 fully saturated rings. The van der Waals surface area contributed by atoms with Crippen molar-refractivity contribution in [3.8, 4) is 0 Å². The molecule has 0 unspecified atom stereocenters. The second-order valence-corrected chi connectivity index (χ2v) is 9.20. The number of hydrogen-bond acceptors (Lipinski definition) is 5. The largest absolute Gasteiger partial charge is 0.332 e. The lowest BCUT2D eigenvalue weighted by Gasteiger charge is -2.11. The summed E-state index contributed by atoms with van der Waals surface area (Å²) < 4.78 is 24.1. The number of nitrogens with one attached hydrogen (secondary N) is 2. The van der Waals surface area contributed by atoms with Gasteiger partial charge in [-0.05, 0) is 59.7 Å². The zero-order valence-corrected chi connectivity index (χ0v) is 17.8. The zero-order valence-electron chi connectivity index (χ0n) is 16.2. The van der Waals surface area contributed by atoms with Gasteiger partial charge in [-0.25, -0.2) is 8.42 Å². The van der Waals surface area contributed by atoms with Crippen LogP contribution in [0, 0.1) is 0 Å². The molecule has 0 atom stereocenters. The number of Topliss-reactive ketones (excluding diaryl/α,β-unsaturated/α-hetero) is 1. The highest BCUT2D eigenvalue weighted by atomic mass is 32.2. The topological polar surface area (TPSA) is 92.3 Å². The summed E-state index contributed by atoms with van der Waals surface area (Å²) in [5.74, 6) is -1.22. The van der Waals surface area contributed by atoms with E-state index in [-0.39, 0.29) is 22.3 Å². The third-order valence-corrected chi connectivity index (χ3v) is 6.33. The number of carbonyl (C=O) groups excluding carboxylic acids is 2. The quantitative estimate of drug-likeness (QED) is 0.572. The Balaban J connectivity index is 1.61. The van der Waals surface area contributed by atoms with Crippen molar-refractivity contribution in [3.05, 3.63) is 72.3 Å². The van der Waals surface area contributed by atoms with Gasteiger partial charge in [0.05, 0.1) is 11.3 Å². The van der Waals surface area contributed by atoms with Gasteiger partial charge in [0, 0.05) is 5.69 Å². The average molecular weight is 441 g/mol. The first-order chi connectivity index (χ1) is 14.2. The van der Waals surface area contributed by atoms with E-state index in [0.29, 0.717) is 5.69 Å². The van der Waals surface area contributed by atoms with Gasteiger partial charge in [-0.15, -0.1) is 0 Å². The molecule has 2 N–H and O–H groups in total. The van der Waals surface area contributed by atoms with Crippen LogP contribution in [0.5, 0.6) is 0 Å². The van der Waals surface area contributed by atoms with Crippen molar-refractivity contribution in [1.29, 1.82) is 0 Å². The third kappa shape index (κ3) is 5.49. The van der Waals surface area contributed by atoms with Crippen LogP contribution in [0.1, 0.15) is 12.5 Å². The van der Waals surface area contributed by atoms with Crippen LogP contribution in [0.2, 0.25) is 0 Å². The first-order valence-corrected chi connectivity index (χ1v) is 11.2. The number of anilines is 1. The molecule has 0 bridgehead atoms. The Morgan fingerprint density at radius 1 is 0.933 bits per heavy atom. The van der Waals surface area contributed by atoms with Crippen LogP contribution in [0.4, 0.5) is 5.69 Å². The maximum Gasteiger partial charge on any atom is 0.230 e. The molecule has 0 saturated carbocycles. The lowest BCUT2D eigenvalue weighted by Crippen LogP contribution is -2.35. The van der Waals surface area contributed by atoms with Crippen molar-refractivity contribution < 1.29 is 18.0 Å². The van der Waals surface area contributed by atoms with Crippen molar-refractivity contribution in [2.24, 2.45) is 0 Å². The van der Waals surface area contributed by atoms with Crippen molar-refractivity contribution in [1.82, 2.24) is 5.32 Å². The lowest BCUT2D eigenvalue weighted by atomic mass is 10.0. The van der Waals surface area contributed by atoms with Gasteiger partial charge in [0.1, 0.15) is 11.5 Å². The highest BCUT2D eigenvalue weighted by Crippen LogP contribution is 2.19. The van der Waals surface area contributed by atoms with Crippen LogP contribution < -0.4 is 10.6 Å². The Labute approximate surface area is 180 Å². The van der Waals surface area contributed by atoms with Gasteiger partial charge in [-0.2, -0.15) is 0 Å². The molecule has 0 heterocycles. The SMILES string of the molecule is CC(=O)CS(=O)(=O)c1ccc(NC(=S)NC(=O)Cc2cccc3ccccc23)cc1. The molecule has 3 aromatic rings. The summed E-state index contributed by atoms with van der Waals surface area (Å²) in [5.41, 5.74) is 1.42. The summed E-state index contributed by atoms with van der Waals surface area (Å²) in [7, 11) is -3.66. The van der Waals surface area contributed by atoms with E-state index >= 15 is 0 Å². The predicted octanol–water partition coefficient (Wildman–Crippen LogP) is 3.26. The number of sulfone groups is 1. The van der Waals surface area contributed by atoms with E-state index in [9.17, 15) is 18.0 Å². The molecule has 6 nitrogen and oxygen atoms in total. The molecule has 154 valence electrons. The lowest BCUT2D eigenvalue weighted by molar-refractivity contribution is -0.119. The van der Waals surface area contributed by atoms with Crippen LogP contribution in [0.25, 0.3) is 10.8 Å². The molecular formula is C22H20N2O4S2.